The smallest absolute Gasteiger partial charge is 0.327 e. The predicted molar refractivity (Wildman–Crippen MR) is 67.9 cm³/mol. The molecule has 0 unspecified atom stereocenters. The molecule has 0 aliphatic rings. The summed E-state index contributed by atoms with van der Waals surface area (Å²) >= 11 is 0. The second kappa shape index (κ2) is 5.68. The van der Waals surface area contributed by atoms with E-state index in [-0.39, 0.29) is 17.9 Å². The Morgan fingerprint density at radius 3 is 2.60 bits per heavy atom. The molecule has 0 bridgehead atoms. The summed E-state index contributed by atoms with van der Waals surface area (Å²) in [7, 11) is 0. The fraction of sp³-hybridized carbons (Fsp3) is 0.231. The zero-order chi connectivity index (χ0) is 14.6. The Kier molecular flexibility index (Phi) is 3.97. The van der Waals surface area contributed by atoms with Crippen LogP contribution in [0.5, 0.6) is 0 Å². The predicted octanol–water partition coefficient (Wildman–Crippen LogP) is 1.80. The number of benzene rings is 1. The lowest BCUT2D eigenvalue weighted by Gasteiger charge is -2.16. The molecule has 0 aliphatic carbocycles. The summed E-state index contributed by atoms with van der Waals surface area (Å²) < 4.78 is 33.3. The first-order valence-corrected chi connectivity index (χ1v) is 5.85. The molecule has 0 aliphatic heterocycles. The first-order valence-electron chi connectivity index (χ1n) is 5.85. The molecule has 0 saturated carbocycles. The molecule has 0 amide bonds. The summed E-state index contributed by atoms with van der Waals surface area (Å²) in [4.78, 5) is 11.4. The van der Waals surface area contributed by atoms with Gasteiger partial charge in [-0.1, -0.05) is 30.3 Å². The number of anilines is 1. The number of esters is 1. The molecule has 0 atom stereocenters. The highest BCUT2D eigenvalue weighted by Gasteiger charge is 2.33. The van der Waals surface area contributed by atoms with Crippen molar-refractivity contribution in [2.24, 2.45) is 0 Å². The van der Waals surface area contributed by atoms with Crippen LogP contribution in [0.15, 0.2) is 42.6 Å². The van der Waals surface area contributed by atoms with Gasteiger partial charge in [0.2, 0.25) is 0 Å². The quantitative estimate of drug-likeness (QED) is 0.848. The maximum Gasteiger partial charge on any atom is 0.327 e. The van der Waals surface area contributed by atoms with Crippen molar-refractivity contribution in [3.05, 3.63) is 48.2 Å². The number of nitrogens with two attached hydrogens (primary N) is 1. The molecule has 1 heterocycles. The van der Waals surface area contributed by atoms with E-state index in [4.69, 9.17) is 5.73 Å². The van der Waals surface area contributed by atoms with E-state index in [1.54, 1.807) is 6.07 Å². The van der Waals surface area contributed by atoms with Crippen LogP contribution >= 0.6 is 0 Å². The lowest BCUT2D eigenvalue weighted by atomic mass is 10.1. The number of rotatable bonds is 5. The fourth-order valence-electron chi connectivity index (χ4n) is 1.58. The molecule has 1 aromatic carbocycles. The first-order chi connectivity index (χ1) is 9.47. The van der Waals surface area contributed by atoms with E-state index in [2.05, 4.69) is 9.84 Å². The Labute approximate surface area is 114 Å². The Hall–Kier alpha value is -2.44. The zero-order valence-electron chi connectivity index (χ0n) is 10.5. The van der Waals surface area contributed by atoms with Gasteiger partial charge in [-0.3, -0.25) is 9.48 Å². The van der Waals surface area contributed by atoms with E-state index in [0.717, 1.165) is 0 Å². The fourth-order valence-corrected chi connectivity index (χ4v) is 1.58. The molecular weight excluding hydrogens is 268 g/mol. The Bertz CT molecular complexity index is 584. The van der Waals surface area contributed by atoms with Crippen molar-refractivity contribution in [2.75, 3.05) is 12.3 Å². The van der Waals surface area contributed by atoms with Crippen LogP contribution in [-0.2, 0) is 22.0 Å². The summed E-state index contributed by atoms with van der Waals surface area (Å²) in [5, 5.41) is 3.76. The second-order valence-corrected chi connectivity index (χ2v) is 4.17. The number of aromatic nitrogens is 2. The third-order valence-corrected chi connectivity index (χ3v) is 2.56. The van der Waals surface area contributed by atoms with E-state index in [1.807, 2.05) is 0 Å². The standard InChI is InChI=1S/C13H13F2N3O2/c14-13(15,10-4-2-1-3-5-10)9-20-12(19)8-18-7-6-11(16)17-18/h1-7H,8-9H2,(H2,16,17). The Balaban J connectivity index is 1.89. The van der Waals surface area contributed by atoms with E-state index in [1.165, 1.54) is 41.2 Å². The van der Waals surface area contributed by atoms with Crippen LogP contribution in [0.2, 0.25) is 0 Å². The summed E-state index contributed by atoms with van der Waals surface area (Å²) in [6, 6.07) is 8.68. The maximum absolute atomic E-state index is 13.7. The van der Waals surface area contributed by atoms with Crippen LogP contribution in [0.1, 0.15) is 5.56 Å². The van der Waals surface area contributed by atoms with Crippen molar-refractivity contribution in [3.63, 3.8) is 0 Å². The Morgan fingerprint density at radius 1 is 1.30 bits per heavy atom. The summed E-state index contributed by atoms with van der Waals surface area (Å²) in [6.45, 7) is -1.27. The summed E-state index contributed by atoms with van der Waals surface area (Å²) in [5.74, 6) is -3.78. The minimum atomic E-state index is -3.22. The van der Waals surface area contributed by atoms with Crippen LogP contribution in [0.4, 0.5) is 14.6 Å². The molecule has 0 fully saturated rings. The molecule has 106 valence electrons. The number of alkyl halides is 2. The monoisotopic (exact) mass is 281 g/mol. The molecule has 20 heavy (non-hydrogen) atoms. The third-order valence-electron chi connectivity index (χ3n) is 2.56. The van der Waals surface area contributed by atoms with Crippen LogP contribution in [-0.4, -0.2) is 22.4 Å². The van der Waals surface area contributed by atoms with E-state index >= 15 is 0 Å². The van der Waals surface area contributed by atoms with E-state index < -0.39 is 18.5 Å². The van der Waals surface area contributed by atoms with E-state index in [9.17, 15) is 13.6 Å². The molecule has 5 nitrogen and oxygen atoms in total. The van der Waals surface area contributed by atoms with Gasteiger partial charge in [0.1, 0.15) is 12.4 Å². The zero-order valence-corrected chi connectivity index (χ0v) is 10.5. The van der Waals surface area contributed by atoms with Gasteiger partial charge in [0.05, 0.1) is 0 Å². The molecule has 7 heteroatoms. The van der Waals surface area contributed by atoms with Crippen molar-refractivity contribution >= 4 is 11.8 Å². The number of ether oxygens (including phenoxy) is 1. The molecule has 1 aromatic heterocycles. The van der Waals surface area contributed by atoms with Crippen molar-refractivity contribution in [2.45, 2.75) is 12.5 Å². The van der Waals surface area contributed by atoms with Gasteiger partial charge in [-0.2, -0.15) is 13.9 Å². The van der Waals surface area contributed by atoms with Gasteiger partial charge in [-0.05, 0) is 6.07 Å². The van der Waals surface area contributed by atoms with Crippen LogP contribution in [0.3, 0.4) is 0 Å². The third kappa shape index (κ3) is 3.53. The van der Waals surface area contributed by atoms with Gasteiger partial charge in [0.15, 0.2) is 6.61 Å². The number of hydrogen-bond acceptors (Lipinski definition) is 4. The van der Waals surface area contributed by atoms with Crippen molar-refractivity contribution in [1.82, 2.24) is 9.78 Å². The van der Waals surface area contributed by atoms with Gasteiger partial charge >= 0.3 is 11.9 Å². The van der Waals surface area contributed by atoms with Crippen molar-refractivity contribution in [1.29, 1.82) is 0 Å². The van der Waals surface area contributed by atoms with Crippen molar-refractivity contribution in [3.8, 4) is 0 Å². The number of nitrogen functional groups attached to an aromatic ring is 1. The normalized spacial score (nSPS) is 11.3. The van der Waals surface area contributed by atoms with Gasteiger partial charge in [0, 0.05) is 11.8 Å². The van der Waals surface area contributed by atoms with Gasteiger partial charge in [-0.15, -0.1) is 0 Å². The van der Waals surface area contributed by atoms with E-state index in [0.29, 0.717) is 0 Å². The van der Waals surface area contributed by atoms with Crippen LogP contribution < -0.4 is 5.73 Å². The average Bonchev–Trinajstić information content (AvgIpc) is 2.83. The topological polar surface area (TPSA) is 70.1 Å². The van der Waals surface area contributed by atoms with Crippen LogP contribution in [0, 0.1) is 0 Å². The summed E-state index contributed by atoms with van der Waals surface area (Å²) in [6.07, 6.45) is 1.46. The number of nitrogens with zero attached hydrogens (tertiary/aromatic N) is 2. The lowest BCUT2D eigenvalue weighted by molar-refractivity contribution is -0.157. The largest absolute Gasteiger partial charge is 0.457 e. The van der Waals surface area contributed by atoms with Gasteiger partial charge < -0.3 is 10.5 Å². The number of carbonyl (C=O) groups is 1. The van der Waals surface area contributed by atoms with Crippen molar-refractivity contribution < 1.29 is 18.3 Å². The molecule has 2 N–H and O–H groups in total. The SMILES string of the molecule is Nc1ccn(CC(=O)OCC(F)(F)c2ccccc2)n1. The number of carbonyl (C=O) groups excluding carboxylic acids is 1. The summed E-state index contributed by atoms with van der Waals surface area (Å²) in [5.41, 5.74) is 5.17. The second-order valence-electron chi connectivity index (χ2n) is 4.17. The maximum atomic E-state index is 13.7. The average molecular weight is 281 g/mol. The minimum absolute atomic E-state index is 0.198. The van der Waals surface area contributed by atoms with Gasteiger partial charge in [-0.25, -0.2) is 0 Å². The molecule has 2 rings (SSSR count). The van der Waals surface area contributed by atoms with Gasteiger partial charge in [0.25, 0.3) is 0 Å². The highest BCUT2D eigenvalue weighted by atomic mass is 19.3. The first kappa shape index (κ1) is 14.0. The molecule has 0 saturated heterocycles. The highest BCUT2D eigenvalue weighted by molar-refractivity contribution is 5.69. The molecule has 0 radical (unpaired) electrons. The molecule has 0 spiro atoms. The highest BCUT2D eigenvalue weighted by Crippen LogP contribution is 2.27. The number of halogens is 2. The van der Waals surface area contributed by atoms with Crippen LogP contribution in [0.25, 0.3) is 0 Å². The lowest BCUT2D eigenvalue weighted by Crippen LogP contribution is -2.25. The Morgan fingerprint density at radius 2 is 2.00 bits per heavy atom. The molecular formula is C13H13F2N3O2. The molecule has 2 aromatic rings. The number of hydrogen-bond donors (Lipinski definition) is 1. The minimum Gasteiger partial charge on any atom is -0.457 e.